The Bertz CT molecular complexity index is 496. The Balaban J connectivity index is 2.25. The molecule has 0 spiro atoms. The van der Waals surface area contributed by atoms with Gasteiger partial charge in [-0.15, -0.1) is 0 Å². The van der Waals surface area contributed by atoms with Gasteiger partial charge in [-0.1, -0.05) is 0 Å². The molecule has 1 fully saturated rings. The van der Waals surface area contributed by atoms with Gasteiger partial charge < -0.3 is 9.64 Å². The molecule has 1 aliphatic heterocycles. The van der Waals surface area contributed by atoms with E-state index < -0.39 is 12.1 Å². The fourth-order valence-corrected chi connectivity index (χ4v) is 2.56. The summed E-state index contributed by atoms with van der Waals surface area (Å²) >= 11 is 3.29. The van der Waals surface area contributed by atoms with Gasteiger partial charge in [0.05, 0.1) is 18.7 Å². The molecule has 2 heterocycles. The van der Waals surface area contributed by atoms with Crippen molar-refractivity contribution in [3.63, 3.8) is 0 Å². The SMILES string of the molecule is COc1nc(N2CCCC(C(F)(F)F)C2)nc(C)c1Br. The number of anilines is 1. The average Bonchev–Trinajstić information content (AvgIpc) is 2.41. The minimum atomic E-state index is -4.17. The molecule has 1 aromatic rings. The number of aromatic nitrogens is 2. The molecule has 0 bridgehead atoms. The Morgan fingerprint density at radius 3 is 2.65 bits per heavy atom. The second kappa shape index (κ2) is 5.75. The number of ether oxygens (including phenoxy) is 1. The topological polar surface area (TPSA) is 38.2 Å². The minimum absolute atomic E-state index is 0.103. The van der Waals surface area contributed by atoms with Crippen LogP contribution >= 0.6 is 15.9 Å². The van der Waals surface area contributed by atoms with Crippen molar-refractivity contribution in [2.45, 2.75) is 25.9 Å². The van der Waals surface area contributed by atoms with Crippen LogP contribution in [0.3, 0.4) is 0 Å². The highest BCUT2D eigenvalue weighted by Crippen LogP contribution is 2.35. The molecule has 0 N–H and O–H groups in total. The molecular weight excluding hydrogens is 339 g/mol. The van der Waals surface area contributed by atoms with Crippen LogP contribution in [-0.4, -0.2) is 36.3 Å². The van der Waals surface area contributed by atoms with Gasteiger partial charge in [-0.3, -0.25) is 0 Å². The first-order chi connectivity index (χ1) is 9.32. The molecule has 1 atom stereocenters. The fraction of sp³-hybridized carbons (Fsp3) is 0.667. The van der Waals surface area contributed by atoms with Crippen LogP contribution in [0.2, 0.25) is 0 Å². The summed E-state index contributed by atoms with van der Waals surface area (Å²) < 4.78 is 44.2. The van der Waals surface area contributed by atoms with Gasteiger partial charge in [-0.2, -0.15) is 18.2 Å². The highest BCUT2D eigenvalue weighted by Gasteiger charge is 2.42. The van der Waals surface area contributed by atoms with Crippen molar-refractivity contribution < 1.29 is 17.9 Å². The third-order valence-corrected chi connectivity index (χ3v) is 4.25. The maximum Gasteiger partial charge on any atom is 0.393 e. The number of rotatable bonds is 2. The standard InChI is InChI=1S/C12H15BrF3N3O/c1-7-9(13)10(20-2)18-11(17-7)19-5-3-4-8(6-19)12(14,15)16/h8H,3-6H2,1-2H3. The molecule has 1 saturated heterocycles. The molecule has 0 aliphatic carbocycles. The molecule has 0 amide bonds. The summed E-state index contributed by atoms with van der Waals surface area (Å²) in [4.78, 5) is 9.99. The summed E-state index contributed by atoms with van der Waals surface area (Å²) in [5.74, 6) is -0.701. The van der Waals surface area contributed by atoms with Crippen LogP contribution in [0.15, 0.2) is 4.47 Å². The van der Waals surface area contributed by atoms with Crippen LogP contribution in [-0.2, 0) is 0 Å². The monoisotopic (exact) mass is 353 g/mol. The summed E-state index contributed by atoms with van der Waals surface area (Å²) in [7, 11) is 1.46. The van der Waals surface area contributed by atoms with E-state index in [0.717, 1.165) is 0 Å². The second-order valence-corrected chi connectivity index (χ2v) is 5.55. The van der Waals surface area contributed by atoms with E-state index >= 15 is 0 Å². The van der Waals surface area contributed by atoms with Crippen molar-refractivity contribution in [3.8, 4) is 5.88 Å². The zero-order valence-corrected chi connectivity index (χ0v) is 12.8. The zero-order valence-electron chi connectivity index (χ0n) is 11.2. The number of alkyl halides is 3. The molecule has 1 unspecified atom stereocenters. The van der Waals surface area contributed by atoms with Gasteiger partial charge in [-0.05, 0) is 35.7 Å². The summed E-state index contributed by atoms with van der Waals surface area (Å²) in [6.07, 6.45) is -3.54. The smallest absolute Gasteiger partial charge is 0.393 e. The molecule has 0 saturated carbocycles. The van der Waals surface area contributed by atoms with E-state index in [1.165, 1.54) is 7.11 Å². The van der Waals surface area contributed by atoms with Crippen LogP contribution in [0.25, 0.3) is 0 Å². The largest absolute Gasteiger partial charge is 0.480 e. The fourth-order valence-electron chi connectivity index (χ4n) is 2.22. The van der Waals surface area contributed by atoms with Crippen molar-refractivity contribution in [3.05, 3.63) is 10.2 Å². The van der Waals surface area contributed by atoms with Crippen molar-refractivity contribution in [2.24, 2.45) is 5.92 Å². The van der Waals surface area contributed by atoms with E-state index in [4.69, 9.17) is 4.74 Å². The molecule has 8 heteroatoms. The van der Waals surface area contributed by atoms with Crippen molar-refractivity contribution in [2.75, 3.05) is 25.1 Å². The van der Waals surface area contributed by atoms with Gasteiger partial charge in [-0.25, -0.2) is 4.98 Å². The third-order valence-electron chi connectivity index (χ3n) is 3.34. The van der Waals surface area contributed by atoms with Crippen molar-refractivity contribution >= 4 is 21.9 Å². The van der Waals surface area contributed by atoms with E-state index in [1.54, 1.807) is 11.8 Å². The number of aryl methyl sites for hydroxylation is 1. The summed E-state index contributed by atoms with van der Waals surface area (Å²) in [5, 5.41) is 0. The number of nitrogens with zero attached hydrogens (tertiary/aromatic N) is 3. The van der Waals surface area contributed by atoms with Gasteiger partial charge in [0.25, 0.3) is 0 Å². The number of halogens is 4. The number of hydrogen-bond acceptors (Lipinski definition) is 4. The van der Waals surface area contributed by atoms with Gasteiger partial charge in [0, 0.05) is 13.1 Å². The van der Waals surface area contributed by atoms with E-state index in [-0.39, 0.29) is 18.9 Å². The van der Waals surface area contributed by atoms with Crippen molar-refractivity contribution in [1.82, 2.24) is 9.97 Å². The first-order valence-corrected chi connectivity index (χ1v) is 7.02. The lowest BCUT2D eigenvalue weighted by Crippen LogP contribution is -2.42. The number of piperidine rings is 1. The highest BCUT2D eigenvalue weighted by atomic mass is 79.9. The van der Waals surface area contributed by atoms with Crippen LogP contribution < -0.4 is 9.64 Å². The lowest BCUT2D eigenvalue weighted by Gasteiger charge is -2.33. The average molecular weight is 354 g/mol. The Morgan fingerprint density at radius 2 is 2.05 bits per heavy atom. The van der Waals surface area contributed by atoms with Crippen LogP contribution in [0, 0.1) is 12.8 Å². The van der Waals surface area contributed by atoms with Crippen molar-refractivity contribution in [1.29, 1.82) is 0 Å². The first-order valence-electron chi connectivity index (χ1n) is 6.22. The molecule has 1 aromatic heterocycles. The zero-order chi connectivity index (χ0) is 14.9. The number of hydrogen-bond donors (Lipinski definition) is 0. The molecule has 1 aliphatic rings. The Kier molecular flexibility index (Phi) is 4.41. The normalized spacial score (nSPS) is 20.1. The lowest BCUT2D eigenvalue weighted by molar-refractivity contribution is -0.176. The van der Waals surface area contributed by atoms with Crippen LogP contribution in [0.4, 0.5) is 19.1 Å². The first kappa shape index (κ1) is 15.3. The predicted molar refractivity (Wildman–Crippen MR) is 72.0 cm³/mol. The van der Waals surface area contributed by atoms with Gasteiger partial charge >= 0.3 is 6.18 Å². The minimum Gasteiger partial charge on any atom is -0.480 e. The molecule has 0 aromatic carbocycles. The van der Waals surface area contributed by atoms with E-state index in [9.17, 15) is 13.2 Å². The number of methoxy groups -OCH3 is 1. The molecule has 2 rings (SSSR count). The molecule has 20 heavy (non-hydrogen) atoms. The molecule has 4 nitrogen and oxygen atoms in total. The predicted octanol–water partition coefficient (Wildman–Crippen LogP) is 3.33. The Hall–Kier alpha value is -1.05. The van der Waals surface area contributed by atoms with E-state index in [2.05, 4.69) is 25.9 Å². The maximum absolute atomic E-state index is 12.8. The third kappa shape index (κ3) is 3.16. The highest BCUT2D eigenvalue weighted by molar-refractivity contribution is 9.10. The Labute approximate surface area is 123 Å². The molecular formula is C12H15BrF3N3O. The second-order valence-electron chi connectivity index (χ2n) is 4.76. The van der Waals surface area contributed by atoms with E-state index in [1.807, 2.05) is 0 Å². The maximum atomic E-state index is 12.8. The lowest BCUT2D eigenvalue weighted by atomic mass is 9.98. The van der Waals surface area contributed by atoms with E-state index in [0.29, 0.717) is 29.0 Å². The van der Waals surface area contributed by atoms with Gasteiger partial charge in [0.15, 0.2) is 0 Å². The summed E-state index contributed by atoms with van der Waals surface area (Å²) in [5.41, 5.74) is 0.640. The van der Waals surface area contributed by atoms with Gasteiger partial charge in [0.2, 0.25) is 11.8 Å². The quantitative estimate of drug-likeness (QED) is 0.817. The Morgan fingerprint density at radius 1 is 1.35 bits per heavy atom. The molecule has 112 valence electrons. The summed E-state index contributed by atoms with van der Waals surface area (Å²) in [6.45, 7) is 2.17. The van der Waals surface area contributed by atoms with Gasteiger partial charge in [0.1, 0.15) is 4.47 Å². The molecule has 0 radical (unpaired) electrons. The van der Waals surface area contributed by atoms with Crippen LogP contribution in [0.5, 0.6) is 5.88 Å². The van der Waals surface area contributed by atoms with Crippen LogP contribution in [0.1, 0.15) is 18.5 Å². The summed E-state index contributed by atoms with van der Waals surface area (Å²) in [6, 6.07) is 0.